The average Bonchev–Trinajstić information content (AvgIpc) is 3.05. The van der Waals surface area contributed by atoms with Gasteiger partial charge in [0.05, 0.1) is 0 Å². The summed E-state index contributed by atoms with van der Waals surface area (Å²) < 4.78 is 16.5. The van der Waals surface area contributed by atoms with Crippen molar-refractivity contribution in [1.29, 1.82) is 0 Å². The summed E-state index contributed by atoms with van der Waals surface area (Å²) in [5.74, 6) is -0.0700. The average molecular weight is 667 g/mol. The lowest BCUT2D eigenvalue weighted by molar-refractivity contribution is -0.167. The van der Waals surface area contributed by atoms with Crippen LogP contribution in [0.1, 0.15) is 220 Å². The van der Waals surface area contributed by atoms with Crippen molar-refractivity contribution in [2.45, 2.75) is 226 Å². The summed E-state index contributed by atoms with van der Waals surface area (Å²) in [6, 6.07) is 0. The van der Waals surface area contributed by atoms with Crippen LogP contribution < -0.4 is 0 Å². The van der Waals surface area contributed by atoms with Gasteiger partial charge in [-0.2, -0.15) is 0 Å². The number of carbonyl (C=O) groups excluding carboxylic acids is 3. The van der Waals surface area contributed by atoms with E-state index in [4.69, 9.17) is 14.2 Å². The summed E-state index contributed by atoms with van der Waals surface area (Å²) in [6.45, 7) is 8.87. The van der Waals surface area contributed by atoms with Crippen LogP contribution in [0.25, 0.3) is 0 Å². The van der Waals surface area contributed by atoms with Crippen LogP contribution in [0, 0.1) is 5.92 Å². The van der Waals surface area contributed by atoms with Gasteiger partial charge in [-0.05, 0) is 25.2 Å². The van der Waals surface area contributed by atoms with Gasteiger partial charge in [0.2, 0.25) is 0 Å². The van der Waals surface area contributed by atoms with E-state index in [1.807, 2.05) is 0 Å². The van der Waals surface area contributed by atoms with E-state index in [0.717, 1.165) is 70.1 Å². The Labute approximate surface area is 291 Å². The minimum Gasteiger partial charge on any atom is -0.462 e. The largest absolute Gasteiger partial charge is 0.462 e. The van der Waals surface area contributed by atoms with Gasteiger partial charge in [-0.3, -0.25) is 14.4 Å². The van der Waals surface area contributed by atoms with Gasteiger partial charge >= 0.3 is 17.9 Å². The first kappa shape index (κ1) is 45.4. The van der Waals surface area contributed by atoms with Gasteiger partial charge in [-0.1, -0.05) is 182 Å². The molecule has 0 aromatic carbocycles. The minimum atomic E-state index is -0.756. The first-order valence-electron chi connectivity index (χ1n) is 20.4. The Morgan fingerprint density at radius 3 is 1.04 bits per heavy atom. The van der Waals surface area contributed by atoms with Gasteiger partial charge < -0.3 is 14.2 Å². The van der Waals surface area contributed by atoms with Crippen molar-refractivity contribution in [1.82, 2.24) is 0 Å². The summed E-state index contributed by atoms with van der Waals surface area (Å²) in [6.07, 6.45) is 32.6. The molecule has 0 saturated heterocycles. The smallest absolute Gasteiger partial charge is 0.306 e. The number of ether oxygens (including phenoxy) is 3. The second-order valence-corrected chi connectivity index (χ2v) is 14.4. The first-order chi connectivity index (χ1) is 22.9. The third kappa shape index (κ3) is 35.5. The van der Waals surface area contributed by atoms with Crippen molar-refractivity contribution < 1.29 is 28.6 Å². The molecule has 0 fully saturated rings. The Kier molecular flexibility index (Phi) is 34.5. The summed E-state index contributed by atoms with van der Waals surface area (Å²) in [7, 11) is 0. The van der Waals surface area contributed by atoms with E-state index < -0.39 is 6.10 Å². The van der Waals surface area contributed by atoms with Gasteiger partial charge in [-0.25, -0.2) is 0 Å². The predicted molar refractivity (Wildman–Crippen MR) is 196 cm³/mol. The maximum Gasteiger partial charge on any atom is 0.306 e. The van der Waals surface area contributed by atoms with Crippen molar-refractivity contribution in [3.63, 3.8) is 0 Å². The first-order valence-corrected chi connectivity index (χ1v) is 20.4. The molecule has 0 aromatic rings. The normalized spacial score (nSPS) is 11.9. The summed E-state index contributed by atoms with van der Waals surface area (Å²) in [5.41, 5.74) is 0. The molecule has 0 unspecified atom stereocenters. The molecular formula is C41H78O6. The molecule has 0 spiro atoms. The topological polar surface area (TPSA) is 78.9 Å². The zero-order valence-corrected chi connectivity index (χ0v) is 31.7. The number of hydrogen-bond donors (Lipinski definition) is 0. The van der Waals surface area contributed by atoms with Crippen LogP contribution in [0.2, 0.25) is 0 Å². The third-order valence-corrected chi connectivity index (χ3v) is 9.04. The number of unbranched alkanes of at least 4 members (excludes halogenated alkanes) is 23. The van der Waals surface area contributed by atoms with Crippen molar-refractivity contribution in [2.75, 3.05) is 13.2 Å². The molecule has 0 radical (unpaired) electrons. The SMILES string of the molecule is CCCCCCCCCCCCCCC(=O)OC[C@H](COC(=O)CCCCCCC)OC(=O)CCCCCCCCCCCC(C)C. The van der Waals surface area contributed by atoms with E-state index in [2.05, 4.69) is 27.7 Å². The van der Waals surface area contributed by atoms with E-state index in [9.17, 15) is 14.4 Å². The van der Waals surface area contributed by atoms with Crippen LogP contribution in [-0.4, -0.2) is 37.2 Å². The molecule has 47 heavy (non-hydrogen) atoms. The molecule has 0 rings (SSSR count). The Balaban J connectivity index is 4.25. The van der Waals surface area contributed by atoms with E-state index in [1.165, 1.54) is 109 Å². The van der Waals surface area contributed by atoms with Gasteiger partial charge in [0.15, 0.2) is 6.10 Å². The molecule has 278 valence electrons. The highest BCUT2D eigenvalue weighted by molar-refractivity contribution is 5.71. The molecule has 6 nitrogen and oxygen atoms in total. The van der Waals surface area contributed by atoms with Crippen LogP contribution in [0.4, 0.5) is 0 Å². The van der Waals surface area contributed by atoms with E-state index in [1.54, 1.807) is 0 Å². The number of rotatable bonds is 36. The second kappa shape index (κ2) is 35.7. The molecule has 0 bridgehead atoms. The zero-order valence-electron chi connectivity index (χ0n) is 31.7. The Bertz CT molecular complexity index is 706. The molecule has 1 atom stereocenters. The number of carbonyl (C=O) groups is 3. The van der Waals surface area contributed by atoms with Crippen LogP contribution >= 0.6 is 0 Å². The fourth-order valence-corrected chi connectivity index (χ4v) is 5.92. The lowest BCUT2D eigenvalue weighted by atomic mass is 10.0. The lowest BCUT2D eigenvalue weighted by Gasteiger charge is -2.18. The molecule has 0 aliphatic heterocycles. The molecule has 0 aliphatic carbocycles. The van der Waals surface area contributed by atoms with E-state index in [0.29, 0.717) is 19.3 Å². The molecule has 6 heteroatoms. The highest BCUT2D eigenvalue weighted by Gasteiger charge is 2.19. The summed E-state index contributed by atoms with van der Waals surface area (Å²) >= 11 is 0. The monoisotopic (exact) mass is 667 g/mol. The Morgan fingerprint density at radius 2 is 0.702 bits per heavy atom. The van der Waals surface area contributed by atoms with Crippen LogP contribution in [0.3, 0.4) is 0 Å². The lowest BCUT2D eigenvalue weighted by Crippen LogP contribution is -2.30. The predicted octanol–water partition coefficient (Wildman–Crippen LogP) is 12.4. The molecule has 0 heterocycles. The molecular weight excluding hydrogens is 588 g/mol. The Hall–Kier alpha value is -1.59. The maximum atomic E-state index is 12.6. The molecule has 0 saturated carbocycles. The standard InChI is InChI=1S/C41H78O6/c1-5-7-9-11-12-13-14-15-18-21-25-29-33-40(43)46-36-38(35-45-39(42)32-28-23-10-8-6-2)47-41(44)34-30-26-22-19-16-17-20-24-27-31-37(3)4/h37-38H,5-36H2,1-4H3/t38-/m0/s1. The molecule has 0 amide bonds. The van der Waals surface area contributed by atoms with Crippen molar-refractivity contribution in [2.24, 2.45) is 5.92 Å². The summed E-state index contributed by atoms with van der Waals surface area (Å²) in [5, 5.41) is 0. The van der Waals surface area contributed by atoms with Crippen molar-refractivity contribution >= 4 is 17.9 Å². The molecule has 0 aromatic heterocycles. The highest BCUT2D eigenvalue weighted by Crippen LogP contribution is 2.15. The quantitative estimate of drug-likeness (QED) is 0.0376. The Morgan fingerprint density at radius 1 is 0.404 bits per heavy atom. The van der Waals surface area contributed by atoms with Gasteiger partial charge in [0.25, 0.3) is 0 Å². The number of hydrogen-bond acceptors (Lipinski definition) is 6. The molecule has 0 N–H and O–H groups in total. The fourth-order valence-electron chi connectivity index (χ4n) is 5.92. The van der Waals surface area contributed by atoms with Gasteiger partial charge in [0, 0.05) is 19.3 Å². The van der Waals surface area contributed by atoms with Gasteiger partial charge in [0.1, 0.15) is 13.2 Å². The van der Waals surface area contributed by atoms with Crippen LogP contribution in [0.5, 0.6) is 0 Å². The molecule has 0 aliphatic rings. The van der Waals surface area contributed by atoms with E-state index >= 15 is 0 Å². The van der Waals surface area contributed by atoms with Crippen molar-refractivity contribution in [3.05, 3.63) is 0 Å². The van der Waals surface area contributed by atoms with Crippen molar-refractivity contribution in [3.8, 4) is 0 Å². The van der Waals surface area contributed by atoms with Crippen LogP contribution in [-0.2, 0) is 28.6 Å². The number of esters is 3. The highest BCUT2D eigenvalue weighted by atomic mass is 16.6. The van der Waals surface area contributed by atoms with Gasteiger partial charge in [-0.15, -0.1) is 0 Å². The third-order valence-electron chi connectivity index (χ3n) is 9.04. The maximum absolute atomic E-state index is 12.6. The fraction of sp³-hybridized carbons (Fsp3) is 0.927. The second-order valence-electron chi connectivity index (χ2n) is 14.4. The van der Waals surface area contributed by atoms with E-state index in [-0.39, 0.29) is 31.1 Å². The van der Waals surface area contributed by atoms with Crippen LogP contribution in [0.15, 0.2) is 0 Å². The minimum absolute atomic E-state index is 0.0657. The summed E-state index contributed by atoms with van der Waals surface area (Å²) in [4.78, 5) is 37.3. The zero-order chi connectivity index (χ0) is 34.6.